The van der Waals surface area contributed by atoms with Crippen LogP contribution in [0, 0.1) is 0 Å². The molecular weight excluding hydrogens is 116 g/mol. The van der Waals surface area contributed by atoms with Crippen molar-refractivity contribution in [2.24, 2.45) is 0 Å². The number of hydrogen-bond donors (Lipinski definition) is 1. The summed E-state index contributed by atoms with van der Waals surface area (Å²) in [6.45, 7) is 0. The molecule has 9 heavy (non-hydrogen) atoms. The summed E-state index contributed by atoms with van der Waals surface area (Å²) in [7, 11) is 0. The zero-order valence-electron chi connectivity index (χ0n) is 5.21. The van der Waals surface area contributed by atoms with Crippen LogP contribution in [-0.2, 0) is 4.84 Å². The van der Waals surface area contributed by atoms with Crippen molar-refractivity contribution in [3.63, 3.8) is 0 Å². The highest BCUT2D eigenvalue weighted by atomic mass is 16.7. The van der Waals surface area contributed by atoms with Crippen LogP contribution >= 0.6 is 0 Å². The van der Waals surface area contributed by atoms with E-state index in [0.717, 1.165) is 12.1 Å². The van der Waals surface area contributed by atoms with Crippen molar-refractivity contribution >= 4 is 0 Å². The maximum Gasteiger partial charge on any atom is 0.0977 e. The standard InChI is InChI=1S/C6H10N2O/c1-2-6-5-3-4(1)8(5)7-9-6/h4-7H,1-3H2. The van der Waals surface area contributed by atoms with Crippen molar-refractivity contribution in [3.05, 3.63) is 0 Å². The number of hydrazine groups is 1. The van der Waals surface area contributed by atoms with Gasteiger partial charge in [-0.1, -0.05) is 0 Å². The lowest BCUT2D eigenvalue weighted by molar-refractivity contribution is -0.0500. The summed E-state index contributed by atoms with van der Waals surface area (Å²) in [6, 6.07) is 1.53. The third-order valence-corrected chi connectivity index (χ3v) is 2.79. The first-order valence-corrected chi connectivity index (χ1v) is 3.65. The van der Waals surface area contributed by atoms with Crippen molar-refractivity contribution in [2.45, 2.75) is 37.5 Å². The molecular formula is C6H10N2O. The highest BCUT2D eigenvalue weighted by Crippen LogP contribution is 2.41. The number of nitrogens with one attached hydrogen (secondary N) is 1. The van der Waals surface area contributed by atoms with Gasteiger partial charge in [0.15, 0.2) is 0 Å². The van der Waals surface area contributed by atoms with Gasteiger partial charge in [-0.15, -0.1) is 5.59 Å². The van der Waals surface area contributed by atoms with Gasteiger partial charge in [-0.2, -0.15) is 0 Å². The predicted molar refractivity (Wildman–Crippen MR) is 31.3 cm³/mol. The van der Waals surface area contributed by atoms with Crippen LogP contribution in [0.2, 0.25) is 0 Å². The van der Waals surface area contributed by atoms with Crippen molar-refractivity contribution in [1.82, 2.24) is 10.6 Å². The fraction of sp³-hybridized carbons (Fsp3) is 1.00. The molecule has 3 heterocycles. The molecule has 1 aliphatic carbocycles. The average molecular weight is 126 g/mol. The Morgan fingerprint density at radius 2 is 2.44 bits per heavy atom. The Morgan fingerprint density at radius 1 is 1.44 bits per heavy atom. The summed E-state index contributed by atoms with van der Waals surface area (Å²) in [4.78, 5) is 5.31. The molecule has 0 radical (unpaired) electrons. The van der Waals surface area contributed by atoms with Gasteiger partial charge in [0.05, 0.1) is 12.1 Å². The van der Waals surface area contributed by atoms with E-state index >= 15 is 0 Å². The van der Waals surface area contributed by atoms with Gasteiger partial charge in [0, 0.05) is 6.04 Å². The molecule has 4 bridgehead atoms. The lowest BCUT2D eigenvalue weighted by atomic mass is 9.80. The average Bonchev–Trinajstić information content (AvgIpc) is 2.06. The minimum atomic E-state index is 0.509. The van der Waals surface area contributed by atoms with Crippen LogP contribution in [0.5, 0.6) is 0 Å². The molecule has 4 aliphatic rings. The SMILES string of the molecule is C1CC2CC3C1ONN23. The largest absolute Gasteiger partial charge is 0.282 e. The molecule has 4 unspecified atom stereocenters. The number of fused-ring (bicyclic) bond motifs is 1. The molecule has 3 aliphatic heterocycles. The van der Waals surface area contributed by atoms with Crippen molar-refractivity contribution in [1.29, 1.82) is 0 Å². The summed E-state index contributed by atoms with van der Waals surface area (Å²) >= 11 is 0. The normalized spacial score (nSPS) is 61.3. The monoisotopic (exact) mass is 126 g/mol. The van der Waals surface area contributed by atoms with Crippen LogP contribution in [0.25, 0.3) is 0 Å². The molecule has 0 spiro atoms. The van der Waals surface area contributed by atoms with E-state index < -0.39 is 0 Å². The Hall–Kier alpha value is -0.120. The summed E-state index contributed by atoms with van der Waals surface area (Å²) in [6.07, 6.45) is 4.46. The molecule has 4 atom stereocenters. The van der Waals surface area contributed by atoms with Crippen molar-refractivity contribution in [2.75, 3.05) is 0 Å². The third-order valence-electron chi connectivity index (χ3n) is 2.79. The first kappa shape index (κ1) is 4.66. The Kier molecular flexibility index (Phi) is 0.678. The second kappa shape index (κ2) is 1.31. The Labute approximate surface area is 53.9 Å². The van der Waals surface area contributed by atoms with E-state index in [-0.39, 0.29) is 0 Å². The predicted octanol–water partition coefficient (Wildman–Crippen LogP) is 0.0415. The molecule has 1 saturated carbocycles. The van der Waals surface area contributed by atoms with Crippen LogP contribution in [0.3, 0.4) is 0 Å². The lowest BCUT2D eigenvalue weighted by Crippen LogP contribution is -2.61. The van der Waals surface area contributed by atoms with Gasteiger partial charge in [-0.25, -0.2) is 5.01 Å². The molecule has 4 fully saturated rings. The van der Waals surface area contributed by atoms with Gasteiger partial charge in [0.2, 0.25) is 0 Å². The van der Waals surface area contributed by atoms with Gasteiger partial charge in [0.25, 0.3) is 0 Å². The first-order valence-electron chi connectivity index (χ1n) is 3.65. The van der Waals surface area contributed by atoms with Crippen LogP contribution in [0.4, 0.5) is 0 Å². The molecule has 3 heteroatoms. The molecule has 0 aromatic rings. The maximum absolute atomic E-state index is 5.31. The topological polar surface area (TPSA) is 24.5 Å². The van der Waals surface area contributed by atoms with Crippen LogP contribution < -0.4 is 5.59 Å². The van der Waals surface area contributed by atoms with E-state index in [2.05, 4.69) is 10.6 Å². The highest BCUT2D eigenvalue weighted by Gasteiger charge is 2.52. The van der Waals surface area contributed by atoms with E-state index in [9.17, 15) is 0 Å². The van der Waals surface area contributed by atoms with E-state index in [1.807, 2.05) is 0 Å². The number of piperidine rings is 1. The van der Waals surface area contributed by atoms with Crippen molar-refractivity contribution in [3.8, 4) is 0 Å². The summed E-state index contributed by atoms with van der Waals surface area (Å²) in [5.74, 6) is 0. The molecule has 0 aromatic heterocycles. The molecule has 3 saturated heterocycles. The smallest absolute Gasteiger partial charge is 0.0977 e. The molecule has 4 rings (SSSR count). The fourth-order valence-corrected chi connectivity index (χ4v) is 2.18. The lowest BCUT2D eigenvalue weighted by Gasteiger charge is -2.47. The first-order chi connectivity index (χ1) is 4.45. The minimum Gasteiger partial charge on any atom is -0.282 e. The number of nitrogens with zero attached hydrogens (tertiary/aromatic N) is 1. The molecule has 0 aromatic carbocycles. The zero-order chi connectivity index (χ0) is 5.84. The van der Waals surface area contributed by atoms with E-state index in [4.69, 9.17) is 4.84 Å². The Balaban J connectivity index is 1.96. The Morgan fingerprint density at radius 3 is 3.11 bits per heavy atom. The van der Waals surface area contributed by atoms with Crippen molar-refractivity contribution < 1.29 is 4.84 Å². The number of rotatable bonds is 0. The molecule has 1 N–H and O–H groups in total. The van der Waals surface area contributed by atoms with Gasteiger partial charge in [0.1, 0.15) is 0 Å². The van der Waals surface area contributed by atoms with E-state index in [1.165, 1.54) is 19.3 Å². The van der Waals surface area contributed by atoms with Crippen LogP contribution in [0.1, 0.15) is 19.3 Å². The summed E-state index contributed by atoms with van der Waals surface area (Å²) < 4.78 is 0. The van der Waals surface area contributed by atoms with Crippen LogP contribution in [-0.4, -0.2) is 23.2 Å². The Bertz CT molecular complexity index is 132. The molecule has 50 valence electrons. The third kappa shape index (κ3) is 0.407. The molecule has 3 nitrogen and oxygen atoms in total. The van der Waals surface area contributed by atoms with Gasteiger partial charge in [-0.3, -0.25) is 4.84 Å². The minimum absolute atomic E-state index is 0.509. The maximum atomic E-state index is 5.31. The summed E-state index contributed by atoms with van der Waals surface area (Å²) in [5.41, 5.74) is 2.95. The van der Waals surface area contributed by atoms with Gasteiger partial charge < -0.3 is 0 Å². The van der Waals surface area contributed by atoms with Gasteiger partial charge >= 0.3 is 0 Å². The summed E-state index contributed by atoms with van der Waals surface area (Å²) in [5, 5.41) is 2.26. The zero-order valence-corrected chi connectivity index (χ0v) is 5.21. The van der Waals surface area contributed by atoms with Gasteiger partial charge in [-0.05, 0) is 19.3 Å². The second-order valence-corrected chi connectivity index (χ2v) is 3.19. The second-order valence-electron chi connectivity index (χ2n) is 3.19. The highest BCUT2D eigenvalue weighted by molar-refractivity contribution is 5.02. The van der Waals surface area contributed by atoms with E-state index in [0.29, 0.717) is 6.10 Å². The molecule has 0 amide bonds. The van der Waals surface area contributed by atoms with E-state index in [1.54, 1.807) is 0 Å². The quantitative estimate of drug-likeness (QED) is 0.496. The van der Waals surface area contributed by atoms with Crippen LogP contribution in [0.15, 0.2) is 0 Å². The number of hydrogen-bond acceptors (Lipinski definition) is 3. The fourth-order valence-electron chi connectivity index (χ4n) is 2.18.